The second-order valence-electron chi connectivity index (χ2n) is 1.95. The van der Waals surface area contributed by atoms with Crippen molar-refractivity contribution in [1.82, 2.24) is 9.62 Å². The van der Waals surface area contributed by atoms with Crippen LogP contribution < -0.4 is 5.32 Å². The Morgan fingerprint density at radius 3 is 2.55 bits per heavy atom. The first-order valence-corrected chi connectivity index (χ1v) is 4.34. The number of amides is 1. The predicted molar refractivity (Wildman–Crippen MR) is 56.7 cm³/mol. The maximum absolute atomic E-state index is 10.9. The van der Waals surface area contributed by atoms with Crippen LogP contribution in [0.4, 0.5) is 0 Å². The van der Waals surface area contributed by atoms with E-state index in [-0.39, 0.29) is 10.8 Å². The minimum absolute atomic E-state index is 0.277. The van der Waals surface area contributed by atoms with E-state index in [4.69, 9.17) is 0 Å². The molecule has 0 fully saturated rings. The second kappa shape index (κ2) is 3.04. The summed E-state index contributed by atoms with van der Waals surface area (Å²) in [5.74, 6) is -0.316. The molecule has 7 heteroatoms. The van der Waals surface area contributed by atoms with Crippen molar-refractivity contribution in [3.63, 3.8) is 0 Å². The molecule has 1 aliphatic heterocycles. The summed E-state index contributed by atoms with van der Waals surface area (Å²) in [5.41, 5.74) is 0. The minimum atomic E-state index is -1.05. The lowest BCUT2D eigenvalue weighted by Crippen LogP contribution is -2.50. The minimum Gasteiger partial charge on any atom is -0.311 e. The Kier molecular flexibility index (Phi) is 2.63. The van der Waals surface area contributed by atoms with Crippen LogP contribution in [0.1, 0.15) is 0 Å². The van der Waals surface area contributed by atoms with Gasteiger partial charge in [0, 0.05) is 6.20 Å². The van der Waals surface area contributed by atoms with Crippen molar-refractivity contribution in [3.05, 3.63) is 11.1 Å². The first kappa shape index (κ1) is 9.50. The van der Waals surface area contributed by atoms with Crippen LogP contribution in [0.25, 0.3) is 0 Å². The van der Waals surface area contributed by atoms with Crippen LogP contribution in [-0.4, -0.2) is 14.5 Å². The molecule has 0 saturated heterocycles. The third kappa shape index (κ3) is 1.95. The highest BCUT2D eigenvalue weighted by Gasteiger charge is 2.32. The number of hydrogen-bond donors (Lipinski definition) is 5. The number of hydrogen-bond acceptors (Lipinski definition) is 6. The summed E-state index contributed by atoms with van der Waals surface area (Å²) in [6, 6.07) is 0. The van der Waals surface area contributed by atoms with Crippen LogP contribution in [0.3, 0.4) is 0 Å². The monoisotopic (exact) mass is 226 g/mol. The maximum Gasteiger partial charge on any atom is 0.262 e. The van der Waals surface area contributed by atoms with E-state index >= 15 is 0 Å². The third-order valence-corrected chi connectivity index (χ3v) is 2.78. The highest BCUT2D eigenvalue weighted by Crippen LogP contribution is 2.29. The molecule has 0 aromatic rings. The molecule has 0 aromatic carbocycles. The van der Waals surface area contributed by atoms with Gasteiger partial charge in [-0.25, -0.2) is 0 Å². The number of rotatable bonds is 0. The molecule has 1 N–H and O–H groups in total. The van der Waals surface area contributed by atoms with Crippen LogP contribution in [-0.2, 0) is 4.79 Å². The normalized spacial score (nSPS) is 22.7. The number of thiol groups is 4. The van der Waals surface area contributed by atoms with Gasteiger partial charge in [-0.3, -0.25) is 9.10 Å². The predicted octanol–water partition coefficient (Wildman–Crippen LogP) is 0.505. The van der Waals surface area contributed by atoms with Crippen molar-refractivity contribution in [2.45, 2.75) is 4.33 Å². The SMILES string of the molecule is O=C1NC(S)(S)N(S)C=C1S. The van der Waals surface area contributed by atoms with Crippen molar-refractivity contribution >= 4 is 56.6 Å². The van der Waals surface area contributed by atoms with Crippen molar-refractivity contribution < 1.29 is 4.79 Å². The van der Waals surface area contributed by atoms with E-state index in [1.165, 1.54) is 10.5 Å². The molecule has 0 saturated carbocycles. The standard InChI is InChI=1S/C4H6N2OS4/c7-3-2(8)1-6(11)4(9,10)5-3/h1,8-11H,(H,5,7). The fraction of sp³-hybridized carbons (Fsp3) is 0.250. The van der Waals surface area contributed by atoms with Crippen molar-refractivity contribution in [3.8, 4) is 0 Å². The van der Waals surface area contributed by atoms with Crippen molar-refractivity contribution in [1.29, 1.82) is 0 Å². The van der Waals surface area contributed by atoms with Gasteiger partial charge in [-0.2, -0.15) is 0 Å². The van der Waals surface area contributed by atoms with Crippen LogP contribution in [0.5, 0.6) is 0 Å². The molecule has 11 heavy (non-hydrogen) atoms. The zero-order chi connectivity index (χ0) is 8.65. The molecule has 1 rings (SSSR count). The maximum atomic E-state index is 10.9. The number of carbonyl (C=O) groups is 1. The van der Waals surface area contributed by atoms with Crippen molar-refractivity contribution in [2.24, 2.45) is 0 Å². The fourth-order valence-corrected chi connectivity index (χ4v) is 1.28. The fourth-order valence-electron chi connectivity index (χ4n) is 0.538. The Hall–Kier alpha value is 0.410. The lowest BCUT2D eigenvalue weighted by atomic mass is 10.5. The van der Waals surface area contributed by atoms with Gasteiger partial charge in [0.05, 0.1) is 4.91 Å². The van der Waals surface area contributed by atoms with E-state index in [2.05, 4.69) is 56.0 Å². The summed E-state index contributed by atoms with van der Waals surface area (Å²) in [7, 11) is 0. The summed E-state index contributed by atoms with van der Waals surface area (Å²) in [4.78, 5) is 11.2. The Labute approximate surface area is 86.4 Å². The molecule has 0 aliphatic carbocycles. The first-order chi connectivity index (χ1) is 4.93. The highest BCUT2D eigenvalue weighted by atomic mass is 32.2. The molecule has 62 valence electrons. The molecule has 0 bridgehead atoms. The average Bonchev–Trinajstić information content (AvgIpc) is 1.83. The van der Waals surface area contributed by atoms with Gasteiger partial charge < -0.3 is 5.32 Å². The number of nitrogens with one attached hydrogen (secondary N) is 1. The van der Waals surface area contributed by atoms with E-state index in [1.807, 2.05) is 0 Å². The molecule has 1 aliphatic rings. The van der Waals surface area contributed by atoms with E-state index < -0.39 is 4.33 Å². The molecule has 1 amide bonds. The second-order valence-corrected chi connectivity index (χ2v) is 4.51. The van der Waals surface area contributed by atoms with E-state index in [1.54, 1.807) is 0 Å². The number of nitrogens with zero attached hydrogens (tertiary/aromatic N) is 1. The van der Waals surface area contributed by atoms with Gasteiger partial charge in [0.15, 0.2) is 0 Å². The third-order valence-electron chi connectivity index (χ3n) is 1.08. The molecule has 3 nitrogen and oxygen atoms in total. The molecule has 0 spiro atoms. The van der Waals surface area contributed by atoms with Gasteiger partial charge in [0.25, 0.3) is 5.91 Å². The average molecular weight is 226 g/mol. The topological polar surface area (TPSA) is 32.3 Å². The van der Waals surface area contributed by atoms with Gasteiger partial charge in [-0.15, -0.1) is 37.9 Å². The van der Waals surface area contributed by atoms with E-state index in [0.29, 0.717) is 0 Å². The quantitative estimate of drug-likeness (QED) is 0.308. The largest absolute Gasteiger partial charge is 0.311 e. The molecule has 0 radical (unpaired) electrons. The molecule has 0 unspecified atom stereocenters. The van der Waals surface area contributed by atoms with Crippen LogP contribution in [0.2, 0.25) is 0 Å². The Bertz CT molecular complexity index is 226. The lowest BCUT2D eigenvalue weighted by Gasteiger charge is -2.35. The van der Waals surface area contributed by atoms with Gasteiger partial charge in [0.1, 0.15) is 0 Å². The van der Waals surface area contributed by atoms with E-state index in [9.17, 15) is 4.79 Å². The summed E-state index contributed by atoms with van der Waals surface area (Å²) in [6.45, 7) is 0. The Morgan fingerprint density at radius 2 is 2.09 bits per heavy atom. The summed E-state index contributed by atoms with van der Waals surface area (Å²) in [5, 5.41) is 2.45. The summed E-state index contributed by atoms with van der Waals surface area (Å²) >= 11 is 15.9. The summed E-state index contributed by atoms with van der Waals surface area (Å²) < 4.78 is 0.287. The van der Waals surface area contributed by atoms with Gasteiger partial charge in [-0.1, -0.05) is 12.8 Å². The summed E-state index contributed by atoms with van der Waals surface area (Å²) in [6.07, 6.45) is 1.44. The highest BCUT2D eigenvalue weighted by molar-refractivity contribution is 8.01. The molecule has 0 aromatic heterocycles. The van der Waals surface area contributed by atoms with Gasteiger partial charge >= 0.3 is 0 Å². The lowest BCUT2D eigenvalue weighted by molar-refractivity contribution is -0.118. The van der Waals surface area contributed by atoms with Crippen LogP contribution >= 0.6 is 50.7 Å². The zero-order valence-corrected chi connectivity index (χ0v) is 8.80. The molecular weight excluding hydrogens is 220 g/mol. The first-order valence-electron chi connectivity index (χ1n) is 2.60. The molecule has 0 atom stereocenters. The molecule has 1 heterocycles. The van der Waals surface area contributed by atoms with E-state index in [0.717, 1.165) is 0 Å². The van der Waals surface area contributed by atoms with Gasteiger partial charge in [0.2, 0.25) is 4.33 Å². The molecular formula is C4H6N2OS4. The zero-order valence-electron chi connectivity index (χ0n) is 5.22. The van der Waals surface area contributed by atoms with Crippen LogP contribution in [0, 0.1) is 0 Å². The van der Waals surface area contributed by atoms with Gasteiger partial charge in [-0.05, 0) is 0 Å². The Balaban J connectivity index is 2.93. The Morgan fingerprint density at radius 1 is 1.55 bits per heavy atom. The number of carbonyl (C=O) groups excluding carboxylic acids is 1. The van der Waals surface area contributed by atoms with Crippen molar-refractivity contribution in [2.75, 3.05) is 0 Å². The smallest absolute Gasteiger partial charge is 0.262 e. The van der Waals surface area contributed by atoms with Crippen LogP contribution in [0.15, 0.2) is 11.1 Å².